The number of esters is 1. The summed E-state index contributed by atoms with van der Waals surface area (Å²) in [4.78, 5) is 23.8. The fourth-order valence-electron chi connectivity index (χ4n) is 3.35. The third kappa shape index (κ3) is 24.7. The Morgan fingerprint density at radius 1 is 0.914 bits per heavy atom. The first-order valence-corrected chi connectivity index (χ1v) is 14.9. The minimum Gasteiger partial charge on any atom is -0.756 e. The highest BCUT2D eigenvalue weighted by molar-refractivity contribution is 7.45. The van der Waals surface area contributed by atoms with E-state index >= 15 is 0 Å². The van der Waals surface area contributed by atoms with Gasteiger partial charge in [-0.2, -0.15) is 0 Å². The van der Waals surface area contributed by atoms with Crippen molar-refractivity contribution in [3.05, 3.63) is 12.2 Å². The molecule has 0 aliphatic carbocycles. The van der Waals surface area contributed by atoms with Gasteiger partial charge in [0.2, 0.25) is 0 Å². The highest BCUT2D eigenvalue weighted by Crippen LogP contribution is 2.38. The average Bonchev–Trinajstić information content (AvgIpc) is 2.78. The van der Waals surface area contributed by atoms with Gasteiger partial charge in [-0.3, -0.25) is 9.36 Å². The molecule has 0 radical (unpaired) electrons. The molecule has 0 aromatic heterocycles. The highest BCUT2D eigenvalue weighted by atomic mass is 31.2. The van der Waals surface area contributed by atoms with Crippen LogP contribution in [0.1, 0.15) is 96.8 Å². The van der Waals surface area contributed by atoms with Crippen molar-refractivity contribution < 1.29 is 37.6 Å². The molecule has 0 saturated carbocycles. The van der Waals surface area contributed by atoms with E-state index in [2.05, 4.69) is 19.1 Å². The van der Waals surface area contributed by atoms with Crippen molar-refractivity contribution in [3.8, 4) is 0 Å². The van der Waals surface area contributed by atoms with Gasteiger partial charge in [0.15, 0.2) is 0 Å². The Hall–Kier alpha value is -0.760. The number of phosphoric acid groups is 1. The molecular weight excluding hydrogens is 469 g/mol. The molecule has 0 aliphatic heterocycles. The van der Waals surface area contributed by atoms with Crippen LogP contribution in [-0.2, 0) is 23.1 Å². The van der Waals surface area contributed by atoms with Gasteiger partial charge >= 0.3 is 5.97 Å². The first kappa shape index (κ1) is 34.2. The van der Waals surface area contributed by atoms with Gasteiger partial charge in [-0.25, -0.2) is 0 Å². The van der Waals surface area contributed by atoms with E-state index in [1.807, 2.05) is 21.1 Å². The first-order valence-electron chi connectivity index (χ1n) is 13.5. The second kappa shape index (κ2) is 21.3. The molecule has 0 spiro atoms. The molecule has 0 bridgehead atoms. The van der Waals surface area contributed by atoms with Crippen LogP contribution < -0.4 is 4.89 Å². The monoisotopic (exact) mass is 521 g/mol. The molecular formula is C26H52NO7P. The number of allylic oxidation sites excluding steroid dienone is 2. The lowest BCUT2D eigenvalue weighted by molar-refractivity contribution is -0.870. The zero-order chi connectivity index (χ0) is 26.4. The van der Waals surface area contributed by atoms with Crippen LogP contribution in [-0.4, -0.2) is 69.2 Å². The van der Waals surface area contributed by atoms with E-state index in [9.17, 15) is 19.4 Å². The first-order chi connectivity index (χ1) is 16.6. The molecule has 0 fully saturated rings. The molecule has 0 saturated heterocycles. The number of nitrogens with zero attached hydrogens (tertiary/aromatic N) is 1. The number of carbonyl (C=O) groups is 1. The number of aliphatic hydroxyl groups is 1. The fraction of sp³-hybridized carbons (Fsp3) is 0.885. The molecule has 2 atom stereocenters. The molecule has 9 heteroatoms. The molecule has 35 heavy (non-hydrogen) atoms. The van der Waals surface area contributed by atoms with Crippen molar-refractivity contribution in [1.82, 2.24) is 0 Å². The predicted molar refractivity (Wildman–Crippen MR) is 139 cm³/mol. The number of rotatable bonds is 24. The lowest BCUT2D eigenvalue weighted by Gasteiger charge is -2.28. The number of likely N-dealkylation sites (N-methyl/N-ethyl adjacent to an activating group) is 1. The van der Waals surface area contributed by atoms with Crippen LogP contribution in [0.3, 0.4) is 0 Å². The van der Waals surface area contributed by atoms with Crippen LogP contribution in [0.15, 0.2) is 12.2 Å². The van der Waals surface area contributed by atoms with Crippen molar-refractivity contribution in [1.29, 1.82) is 0 Å². The smallest absolute Gasteiger partial charge is 0.306 e. The summed E-state index contributed by atoms with van der Waals surface area (Å²) in [6, 6.07) is 0. The van der Waals surface area contributed by atoms with Crippen molar-refractivity contribution in [3.63, 3.8) is 0 Å². The minimum atomic E-state index is -4.51. The summed E-state index contributed by atoms with van der Waals surface area (Å²) in [5.74, 6) is -0.474. The summed E-state index contributed by atoms with van der Waals surface area (Å²) in [6.07, 6.45) is 19.2. The summed E-state index contributed by atoms with van der Waals surface area (Å²) in [7, 11) is 1.23. The molecule has 0 aliphatic rings. The highest BCUT2D eigenvalue weighted by Gasteiger charge is 2.19. The number of hydrogen-bond acceptors (Lipinski definition) is 7. The quantitative estimate of drug-likeness (QED) is 0.0617. The van der Waals surface area contributed by atoms with E-state index < -0.39 is 33.1 Å². The molecule has 1 N–H and O–H groups in total. The molecule has 208 valence electrons. The van der Waals surface area contributed by atoms with Gasteiger partial charge in [-0.15, -0.1) is 0 Å². The number of unbranched alkanes of at least 4 members (excludes halogenated alkanes) is 11. The van der Waals surface area contributed by atoms with Gasteiger partial charge in [-0.05, 0) is 32.1 Å². The maximum atomic E-state index is 12.0. The van der Waals surface area contributed by atoms with Crippen LogP contribution in [0.5, 0.6) is 0 Å². The van der Waals surface area contributed by atoms with Crippen molar-refractivity contribution >= 4 is 13.8 Å². The van der Waals surface area contributed by atoms with Gasteiger partial charge in [-0.1, -0.05) is 70.4 Å². The summed E-state index contributed by atoms with van der Waals surface area (Å²) < 4.78 is 27.0. The van der Waals surface area contributed by atoms with Crippen LogP contribution in [0, 0.1) is 0 Å². The van der Waals surface area contributed by atoms with E-state index in [1.165, 1.54) is 57.8 Å². The minimum absolute atomic E-state index is 0.0124. The Labute approximate surface area is 214 Å². The number of phosphoric ester groups is 1. The summed E-state index contributed by atoms with van der Waals surface area (Å²) in [6.45, 7) is 1.74. The van der Waals surface area contributed by atoms with E-state index in [4.69, 9.17) is 13.8 Å². The van der Waals surface area contributed by atoms with Gasteiger partial charge in [0.05, 0.1) is 34.4 Å². The molecule has 0 heterocycles. The zero-order valence-corrected chi connectivity index (χ0v) is 23.6. The number of quaternary nitrogens is 1. The molecule has 1 unspecified atom stereocenters. The summed E-state index contributed by atoms with van der Waals surface area (Å²) >= 11 is 0. The van der Waals surface area contributed by atoms with Gasteiger partial charge in [0.25, 0.3) is 7.82 Å². The van der Waals surface area contributed by atoms with E-state index in [1.54, 1.807) is 0 Å². The van der Waals surface area contributed by atoms with E-state index in [0.717, 1.165) is 19.3 Å². The molecule has 0 amide bonds. The average molecular weight is 522 g/mol. The number of carbonyl (C=O) groups excluding carboxylic acids is 1. The SMILES string of the molecule is CCCCCCCCCCC/C=C\CCCCC(=O)O[C@H](CO)COP(=O)([O-])OCC[N+](C)(C)C. The largest absolute Gasteiger partial charge is 0.756 e. The standard InChI is InChI=1S/C26H52NO7P/c1-5-6-7-8-9-10-11-12-13-14-15-16-17-18-19-20-26(29)34-25(23-28)24-33-35(30,31)32-22-21-27(2,3)4/h15-16,25,28H,5-14,17-24H2,1-4H3/b16-15-/t25-/m1/s1. The number of hydrogen-bond donors (Lipinski definition) is 1. The second-order valence-electron chi connectivity index (χ2n) is 10.2. The molecule has 0 aromatic carbocycles. The van der Waals surface area contributed by atoms with Crippen molar-refractivity contribution in [2.24, 2.45) is 0 Å². The Morgan fingerprint density at radius 3 is 2.00 bits per heavy atom. The number of aliphatic hydroxyl groups excluding tert-OH is 1. The third-order valence-corrected chi connectivity index (χ3v) is 6.54. The maximum Gasteiger partial charge on any atom is 0.306 e. The maximum absolute atomic E-state index is 12.0. The molecule has 8 nitrogen and oxygen atoms in total. The topological polar surface area (TPSA) is 105 Å². The van der Waals surface area contributed by atoms with Crippen molar-refractivity contribution in [2.75, 3.05) is 47.5 Å². The lowest BCUT2D eigenvalue weighted by atomic mass is 10.1. The van der Waals surface area contributed by atoms with E-state index in [-0.39, 0.29) is 13.0 Å². The number of ether oxygens (including phenoxy) is 1. The van der Waals surface area contributed by atoms with Crippen LogP contribution >= 0.6 is 7.82 Å². The fourth-order valence-corrected chi connectivity index (χ4v) is 4.08. The van der Waals surface area contributed by atoms with E-state index in [0.29, 0.717) is 17.4 Å². The Balaban J connectivity index is 3.77. The zero-order valence-electron chi connectivity index (χ0n) is 22.8. The summed E-state index contributed by atoms with van der Waals surface area (Å²) in [5.41, 5.74) is 0. The lowest BCUT2D eigenvalue weighted by Crippen LogP contribution is -2.37. The Kier molecular flexibility index (Phi) is 20.9. The third-order valence-electron chi connectivity index (χ3n) is 5.57. The van der Waals surface area contributed by atoms with Gasteiger partial charge < -0.3 is 28.3 Å². The molecule has 0 rings (SSSR count). The normalized spacial score (nSPS) is 14.8. The Bertz CT molecular complexity index is 593. The van der Waals surface area contributed by atoms with Crippen LogP contribution in [0.4, 0.5) is 0 Å². The second-order valence-corrected chi connectivity index (χ2v) is 11.6. The molecule has 0 aromatic rings. The van der Waals surface area contributed by atoms with Gasteiger partial charge in [0, 0.05) is 6.42 Å². The van der Waals surface area contributed by atoms with Crippen LogP contribution in [0.25, 0.3) is 0 Å². The predicted octanol–water partition coefficient (Wildman–Crippen LogP) is 5.14. The van der Waals surface area contributed by atoms with Crippen molar-refractivity contribution in [2.45, 2.75) is 103 Å². The van der Waals surface area contributed by atoms with Crippen LogP contribution in [0.2, 0.25) is 0 Å². The van der Waals surface area contributed by atoms with Gasteiger partial charge in [0.1, 0.15) is 19.3 Å². The summed E-state index contributed by atoms with van der Waals surface area (Å²) in [5, 5.41) is 9.36. The Morgan fingerprint density at radius 2 is 1.46 bits per heavy atom.